The molecule has 116 valence electrons. The lowest BCUT2D eigenvalue weighted by Gasteiger charge is -2.25. The zero-order valence-electron chi connectivity index (χ0n) is 12.7. The van der Waals surface area contributed by atoms with E-state index in [9.17, 15) is 4.79 Å². The van der Waals surface area contributed by atoms with Crippen molar-refractivity contribution < 1.29 is 4.79 Å². The lowest BCUT2D eigenvalue weighted by molar-refractivity contribution is -0.121. The van der Waals surface area contributed by atoms with E-state index in [-0.39, 0.29) is 5.91 Å². The Morgan fingerprint density at radius 1 is 1.27 bits per heavy atom. The summed E-state index contributed by atoms with van der Waals surface area (Å²) in [6.45, 7) is 3.06. The van der Waals surface area contributed by atoms with Crippen molar-refractivity contribution in [1.82, 2.24) is 15.3 Å². The smallest absolute Gasteiger partial charge is 0.241 e. The predicted octanol–water partition coefficient (Wildman–Crippen LogP) is 2.49. The van der Waals surface area contributed by atoms with Crippen molar-refractivity contribution >= 4 is 23.0 Å². The van der Waals surface area contributed by atoms with Crippen LogP contribution in [0.2, 0.25) is 0 Å². The van der Waals surface area contributed by atoms with E-state index in [0.717, 1.165) is 36.1 Å². The number of para-hydroxylation sites is 1. The second-order valence-corrected chi connectivity index (χ2v) is 5.74. The Hall–Kier alpha value is -2.14. The Labute approximate surface area is 130 Å². The number of H-pyrrole nitrogens is 1. The minimum absolute atomic E-state index is 0.0262. The summed E-state index contributed by atoms with van der Waals surface area (Å²) >= 11 is 0. The number of hydrogen-bond donors (Lipinski definition) is 2. The first-order valence-corrected chi connectivity index (χ1v) is 7.93. The topological polar surface area (TPSA) is 60.5 Å². The van der Waals surface area contributed by atoms with Crippen LogP contribution in [0.5, 0.6) is 0 Å². The summed E-state index contributed by atoms with van der Waals surface area (Å²) in [7, 11) is 0. The number of hydrogen-bond acceptors (Lipinski definition) is 3. The first-order valence-electron chi connectivity index (χ1n) is 7.93. The highest BCUT2D eigenvalue weighted by Crippen LogP contribution is 2.15. The second-order valence-electron chi connectivity index (χ2n) is 5.74. The second kappa shape index (κ2) is 7.22. The molecule has 2 aromatic rings. The molecule has 0 saturated carbocycles. The minimum atomic E-state index is -0.0262. The molecule has 0 bridgehead atoms. The molecule has 5 heteroatoms. The maximum absolute atomic E-state index is 11.8. The van der Waals surface area contributed by atoms with Crippen molar-refractivity contribution in [2.24, 2.45) is 5.10 Å². The van der Waals surface area contributed by atoms with Crippen LogP contribution in [-0.2, 0) is 4.79 Å². The molecular formula is C17H22N4O. The molecular weight excluding hydrogens is 276 g/mol. The maximum Gasteiger partial charge on any atom is 0.241 e. The summed E-state index contributed by atoms with van der Waals surface area (Å²) in [6.07, 6.45) is 7.91. The number of aromatic nitrogens is 1. The number of benzene rings is 1. The fourth-order valence-electron chi connectivity index (χ4n) is 2.87. The van der Waals surface area contributed by atoms with Crippen LogP contribution in [0.3, 0.4) is 0 Å². The summed E-state index contributed by atoms with van der Waals surface area (Å²) in [5.41, 5.74) is 4.66. The first kappa shape index (κ1) is 14.8. The van der Waals surface area contributed by atoms with Crippen molar-refractivity contribution in [3.63, 3.8) is 0 Å². The van der Waals surface area contributed by atoms with Gasteiger partial charge >= 0.3 is 0 Å². The Morgan fingerprint density at radius 2 is 2.09 bits per heavy atom. The Kier molecular flexibility index (Phi) is 4.85. The molecule has 5 nitrogen and oxygen atoms in total. The lowest BCUT2D eigenvalue weighted by atomic mass is 10.1. The van der Waals surface area contributed by atoms with E-state index in [1.807, 2.05) is 30.5 Å². The van der Waals surface area contributed by atoms with Gasteiger partial charge in [0.25, 0.3) is 0 Å². The number of carbonyl (C=O) groups is 1. The molecule has 0 aliphatic carbocycles. The zero-order chi connectivity index (χ0) is 15.2. The van der Waals surface area contributed by atoms with Crippen molar-refractivity contribution in [3.05, 3.63) is 36.0 Å². The van der Waals surface area contributed by atoms with Gasteiger partial charge in [-0.15, -0.1) is 0 Å². The van der Waals surface area contributed by atoms with Crippen molar-refractivity contribution in [1.29, 1.82) is 0 Å². The molecule has 22 heavy (non-hydrogen) atoms. The van der Waals surface area contributed by atoms with Crippen molar-refractivity contribution in [3.8, 4) is 0 Å². The Morgan fingerprint density at radius 3 is 2.95 bits per heavy atom. The van der Waals surface area contributed by atoms with Crippen LogP contribution in [0.25, 0.3) is 10.9 Å². The quantitative estimate of drug-likeness (QED) is 0.658. The van der Waals surface area contributed by atoms with Gasteiger partial charge in [0.05, 0.1) is 6.21 Å². The molecule has 1 amide bonds. The summed E-state index contributed by atoms with van der Waals surface area (Å²) in [5, 5.41) is 5.17. The van der Waals surface area contributed by atoms with Gasteiger partial charge in [-0.3, -0.25) is 4.79 Å². The van der Waals surface area contributed by atoms with Gasteiger partial charge in [-0.05, 0) is 32.0 Å². The van der Waals surface area contributed by atoms with Gasteiger partial charge in [0.15, 0.2) is 0 Å². The van der Waals surface area contributed by atoms with E-state index in [1.165, 1.54) is 19.3 Å². The van der Waals surface area contributed by atoms with Crippen molar-refractivity contribution in [2.45, 2.75) is 25.7 Å². The molecule has 1 fully saturated rings. The van der Waals surface area contributed by atoms with Crippen LogP contribution < -0.4 is 5.43 Å². The van der Waals surface area contributed by atoms with E-state index < -0.39 is 0 Å². The Bertz CT molecular complexity index is 655. The number of nitrogens with zero attached hydrogens (tertiary/aromatic N) is 2. The van der Waals surface area contributed by atoms with E-state index in [2.05, 4.69) is 20.4 Å². The number of amides is 1. The number of carbonyl (C=O) groups excluding carboxylic acids is 1. The summed E-state index contributed by atoms with van der Waals surface area (Å²) in [5.74, 6) is -0.0262. The molecule has 0 spiro atoms. The van der Waals surface area contributed by atoms with Gasteiger partial charge in [0, 0.05) is 35.6 Å². The third kappa shape index (κ3) is 3.74. The summed E-state index contributed by atoms with van der Waals surface area (Å²) in [4.78, 5) is 17.4. The average Bonchev–Trinajstić information content (AvgIpc) is 2.97. The number of nitrogens with one attached hydrogen (secondary N) is 2. The number of hydrazone groups is 1. The normalized spacial score (nSPS) is 16.4. The molecule has 0 radical (unpaired) electrons. The van der Waals surface area contributed by atoms with Gasteiger partial charge in [-0.2, -0.15) is 5.10 Å². The van der Waals surface area contributed by atoms with E-state index in [4.69, 9.17) is 0 Å². The largest absolute Gasteiger partial charge is 0.361 e. The highest BCUT2D eigenvalue weighted by molar-refractivity contribution is 5.99. The van der Waals surface area contributed by atoms with Gasteiger partial charge in [0.2, 0.25) is 5.91 Å². The van der Waals surface area contributed by atoms with E-state index >= 15 is 0 Å². The van der Waals surface area contributed by atoms with Crippen LogP contribution >= 0.6 is 0 Å². The molecule has 1 aromatic heterocycles. The van der Waals surface area contributed by atoms with Crippen molar-refractivity contribution in [2.75, 3.05) is 19.6 Å². The molecule has 2 N–H and O–H groups in total. The molecule has 1 aliphatic heterocycles. The minimum Gasteiger partial charge on any atom is -0.361 e. The monoisotopic (exact) mass is 298 g/mol. The highest BCUT2D eigenvalue weighted by Gasteiger charge is 2.11. The maximum atomic E-state index is 11.8. The van der Waals surface area contributed by atoms with Gasteiger partial charge in [-0.25, -0.2) is 5.43 Å². The number of fused-ring (bicyclic) bond motifs is 1. The Balaban J connectivity index is 1.48. The van der Waals surface area contributed by atoms with Crippen LogP contribution in [0.4, 0.5) is 0 Å². The number of rotatable bonds is 5. The third-order valence-electron chi connectivity index (χ3n) is 4.12. The number of likely N-dealkylation sites (tertiary alicyclic amines) is 1. The molecule has 0 unspecified atom stereocenters. The van der Waals surface area contributed by atoms with Crippen LogP contribution in [0.1, 0.15) is 31.2 Å². The number of piperidine rings is 1. The fraction of sp³-hybridized carbons (Fsp3) is 0.412. The summed E-state index contributed by atoms with van der Waals surface area (Å²) < 4.78 is 0. The number of aromatic amines is 1. The van der Waals surface area contributed by atoms with Gasteiger partial charge in [0.1, 0.15) is 0 Å². The first-order chi connectivity index (χ1) is 10.8. The standard InChI is InChI=1S/C17H22N4O/c22-17(8-11-21-9-4-1-5-10-21)20-19-13-14-12-18-16-7-3-2-6-15(14)16/h2-3,6-7,12-13,18H,1,4-5,8-11H2,(H,20,22)/b19-13+. The molecule has 3 rings (SSSR count). The average molecular weight is 298 g/mol. The predicted molar refractivity (Wildman–Crippen MR) is 88.9 cm³/mol. The molecule has 0 atom stereocenters. The molecule has 1 aromatic carbocycles. The molecule has 1 aliphatic rings. The van der Waals surface area contributed by atoms with Crippen LogP contribution in [-0.4, -0.2) is 41.6 Å². The van der Waals surface area contributed by atoms with Gasteiger partial charge < -0.3 is 9.88 Å². The van der Waals surface area contributed by atoms with Crippen LogP contribution in [0, 0.1) is 0 Å². The highest BCUT2D eigenvalue weighted by atomic mass is 16.2. The van der Waals surface area contributed by atoms with Crippen LogP contribution in [0.15, 0.2) is 35.6 Å². The van der Waals surface area contributed by atoms with E-state index in [1.54, 1.807) is 6.21 Å². The lowest BCUT2D eigenvalue weighted by Crippen LogP contribution is -2.33. The van der Waals surface area contributed by atoms with E-state index in [0.29, 0.717) is 6.42 Å². The molecule has 2 heterocycles. The SMILES string of the molecule is O=C(CCN1CCCCC1)N/N=C/c1c[nH]c2ccccc12. The summed E-state index contributed by atoms with van der Waals surface area (Å²) in [6, 6.07) is 8.03. The van der Waals surface area contributed by atoms with Gasteiger partial charge in [-0.1, -0.05) is 24.6 Å². The fourth-order valence-corrected chi connectivity index (χ4v) is 2.87. The zero-order valence-corrected chi connectivity index (χ0v) is 12.7. The third-order valence-corrected chi connectivity index (χ3v) is 4.12. The molecule has 1 saturated heterocycles.